The van der Waals surface area contributed by atoms with Crippen LogP contribution in [0.25, 0.3) is 0 Å². The molecular formula is C24H38IN5O. The van der Waals surface area contributed by atoms with Crippen molar-refractivity contribution in [2.24, 2.45) is 10.4 Å². The predicted octanol–water partition coefficient (Wildman–Crippen LogP) is 2.83. The van der Waals surface area contributed by atoms with Crippen molar-refractivity contribution in [2.45, 2.75) is 45.1 Å². The third-order valence-electron chi connectivity index (χ3n) is 7.15. The van der Waals surface area contributed by atoms with Crippen LogP contribution in [0.15, 0.2) is 35.3 Å². The quantitative estimate of drug-likeness (QED) is 0.343. The maximum Gasteiger partial charge on any atom is 0.239 e. The Balaban J connectivity index is 0.00000272. The minimum atomic E-state index is -0.0131. The Kier molecular flexibility index (Phi) is 8.61. The van der Waals surface area contributed by atoms with Gasteiger partial charge in [-0.05, 0) is 50.0 Å². The van der Waals surface area contributed by atoms with Gasteiger partial charge in [-0.15, -0.1) is 24.0 Å². The second-order valence-corrected chi connectivity index (χ2v) is 9.29. The molecule has 2 aliphatic heterocycles. The van der Waals surface area contributed by atoms with Gasteiger partial charge in [0.1, 0.15) is 0 Å². The van der Waals surface area contributed by atoms with Crippen LogP contribution in [0.1, 0.15) is 38.2 Å². The van der Waals surface area contributed by atoms with Gasteiger partial charge in [0, 0.05) is 52.9 Å². The molecule has 172 valence electrons. The minimum absolute atomic E-state index is 0. The molecule has 2 heterocycles. The lowest BCUT2D eigenvalue weighted by molar-refractivity contribution is -0.135. The van der Waals surface area contributed by atoms with Crippen LogP contribution in [-0.2, 0) is 11.2 Å². The molecule has 4 rings (SSSR count). The monoisotopic (exact) mass is 539 g/mol. The largest absolute Gasteiger partial charge is 0.356 e. The highest BCUT2D eigenvalue weighted by molar-refractivity contribution is 14.0. The number of carbonyl (C=O) groups is 1. The smallest absolute Gasteiger partial charge is 0.239 e. The normalized spacial score (nSPS) is 22.1. The third-order valence-corrected chi connectivity index (χ3v) is 7.15. The Hall–Kier alpha value is -1.35. The van der Waals surface area contributed by atoms with E-state index in [0.29, 0.717) is 11.3 Å². The van der Waals surface area contributed by atoms with Crippen LogP contribution in [0.3, 0.4) is 0 Å². The number of likely N-dealkylation sites (tertiary alicyclic amines) is 1. The molecule has 1 unspecified atom stereocenters. The summed E-state index contributed by atoms with van der Waals surface area (Å²) in [7, 11) is 1.88. The first kappa shape index (κ1) is 24.3. The number of aliphatic imine (C=N–C) groups is 1. The average Bonchev–Trinajstić information content (AvgIpc) is 3.32. The van der Waals surface area contributed by atoms with E-state index in [2.05, 4.69) is 57.4 Å². The third kappa shape index (κ3) is 6.12. The molecule has 0 aromatic heterocycles. The van der Waals surface area contributed by atoms with Crippen LogP contribution in [0.2, 0.25) is 0 Å². The van der Waals surface area contributed by atoms with Crippen LogP contribution in [0.4, 0.5) is 0 Å². The number of rotatable bonds is 6. The first-order valence-corrected chi connectivity index (χ1v) is 11.6. The molecule has 1 amide bonds. The van der Waals surface area contributed by atoms with Gasteiger partial charge in [0.25, 0.3) is 0 Å². The number of halogens is 1. The lowest BCUT2D eigenvalue weighted by atomic mass is 9.96. The van der Waals surface area contributed by atoms with Gasteiger partial charge < -0.3 is 15.1 Å². The molecule has 1 atom stereocenters. The van der Waals surface area contributed by atoms with Gasteiger partial charge in [-0.25, -0.2) is 0 Å². The van der Waals surface area contributed by atoms with Crippen molar-refractivity contribution in [3.63, 3.8) is 0 Å². The number of nitrogens with zero attached hydrogens (tertiary/aromatic N) is 4. The van der Waals surface area contributed by atoms with E-state index < -0.39 is 0 Å². The molecule has 1 aliphatic carbocycles. The summed E-state index contributed by atoms with van der Waals surface area (Å²) < 4.78 is 0. The molecule has 1 aromatic rings. The molecule has 1 aromatic carbocycles. The number of benzene rings is 1. The number of hydrogen-bond acceptors (Lipinski definition) is 3. The van der Waals surface area contributed by atoms with E-state index in [-0.39, 0.29) is 30.0 Å². The summed E-state index contributed by atoms with van der Waals surface area (Å²) in [6.07, 6.45) is 6.02. The zero-order chi connectivity index (χ0) is 21.0. The minimum Gasteiger partial charge on any atom is -0.356 e. The summed E-state index contributed by atoms with van der Waals surface area (Å²) >= 11 is 0. The van der Waals surface area contributed by atoms with Gasteiger partial charge in [-0.3, -0.25) is 14.7 Å². The maximum absolute atomic E-state index is 12.7. The Morgan fingerprint density at radius 1 is 1.03 bits per heavy atom. The molecule has 3 fully saturated rings. The fraction of sp³-hybridized carbons (Fsp3) is 0.667. The predicted molar refractivity (Wildman–Crippen MR) is 137 cm³/mol. The summed E-state index contributed by atoms with van der Waals surface area (Å²) in [5.74, 6) is 1.31. The lowest BCUT2D eigenvalue weighted by Crippen LogP contribution is -2.57. The lowest BCUT2D eigenvalue weighted by Gasteiger charge is -2.39. The van der Waals surface area contributed by atoms with Crippen LogP contribution >= 0.6 is 24.0 Å². The summed E-state index contributed by atoms with van der Waals surface area (Å²) in [4.78, 5) is 24.0. The number of piperazine rings is 1. The molecule has 7 heteroatoms. The molecule has 1 saturated carbocycles. The van der Waals surface area contributed by atoms with Gasteiger partial charge >= 0.3 is 0 Å². The summed E-state index contributed by atoms with van der Waals surface area (Å²) in [6.45, 7) is 8.59. The van der Waals surface area contributed by atoms with Crippen molar-refractivity contribution in [1.82, 2.24) is 20.0 Å². The number of nitrogens with one attached hydrogen (secondary N) is 1. The number of amides is 1. The van der Waals surface area contributed by atoms with E-state index >= 15 is 0 Å². The van der Waals surface area contributed by atoms with E-state index in [1.165, 1.54) is 18.4 Å². The molecule has 6 nitrogen and oxygen atoms in total. The highest BCUT2D eigenvalue weighted by atomic mass is 127. The summed E-state index contributed by atoms with van der Waals surface area (Å²) in [6, 6.07) is 10.8. The summed E-state index contributed by atoms with van der Waals surface area (Å²) in [5.41, 5.74) is 1.81. The van der Waals surface area contributed by atoms with Crippen molar-refractivity contribution < 1.29 is 4.79 Å². The van der Waals surface area contributed by atoms with Crippen molar-refractivity contribution in [2.75, 3.05) is 52.9 Å². The summed E-state index contributed by atoms with van der Waals surface area (Å²) in [5, 5.41) is 3.66. The molecule has 2 saturated heterocycles. The Bertz CT molecular complexity index is 738. The molecule has 31 heavy (non-hydrogen) atoms. The van der Waals surface area contributed by atoms with Gasteiger partial charge in [-0.1, -0.05) is 30.3 Å². The number of carbonyl (C=O) groups excluding carboxylic acids is 1. The first-order valence-electron chi connectivity index (χ1n) is 11.6. The van der Waals surface area contributed by atoms with E-state index in [4.69, 9.17) is 0 Å². The van der Waals surface area contributed by atoms with Crippen molar-refractivity contribution in [3.8, 4) is 0 Å². The highest BCUT2D eigenvalue weighted by Crippen LogP contribution is 2.47. The van der Waals surface area contributed by atoms with Crippen LogP contribution in [0.5, 0.6) is 0 Å². The molecular weight excluding hydrogens is 501 g/mol. The second kappa shape index (κ2) is 11.0. The molecule has 0 radical (unpaired) electrons. The maximum atomic E-state index is 12.7. The van der Waals surface area contributed by atoms with Gasteiger partial charge in [0.2, 0.25) is 5.91 Å². The number of hydrogen-bond donors (Lipinski definition) is 1. The fourth-order valence-corrected chi connectivity index (χ4v) is 4.90. The molecule has 3 aliphatic rings. The van der Waals surface area contributed by atoms with Crippen molar-refractivity contribution >= 4 is 35.8 Å². The van der Waals surface area contributed by atoms with E-state index in [1.807, 2.05) is 11.9 Å². The van der Waals surface area contributed by atoms with E-state index in [0.717, 1.165) is 71.0 Å². The standard InChI is InChI=1S/C24H37N5O.HI/c1-20(22(30)28-12-6-7-13-28)27-14-16-29(17-15-27)23(25-2)26-19-24(10-11-24)18-21-8-4-3-5-9-21;/h3-5,8-9,20H,6-7,10-19H2,1-2H3,(H,25,26);1H. The topological polar surface area (TPSA) is 51.2 Å². The zero-order valence-electron chi connectivity index (χ0n) is 19.1. The van der Waals surface area contributed by atoms with Gasteiger partial charge in [0.15, 0.2) is 5.96 Å². The van der Waals surface area contributed by atoms with Crippen LogP contribution < -0.4 is 5.32 Å². The van der Waals surface area contributed by atoms with Crippen LogP contribution in [-0.4, -0.2) is 85.5 Å². The number of guanidine groups is 1. The Morgan fingerprint density at radius 2 is 1.68 bits per heavy atom. The Morgan fingerprint density at radius 3 is 2.26 bits per heavy atom. The van der Waals surface area contributed by atoms with Gasteiger partial charge in [-0.2, -0.15) is 0 Å². The van der Waals surface area contributed by atoms with Crippen molar-refractivity contribution in [3.05, 3.63) is 35.9 Å². The van der Waals surface area contributed by atoms with E-state index in [1.54, 1.807) is 0 Å². The van der Waals surface area contributed by atoms with Crippen LogP contribution in [0, 0.1) is 5.41 Å². The Labute approximate surface area is 204 Å². The van der Waals surface area contributed by atoms with Crippen molar-refractivity contribution in [1.29, 1.82) is 0 Å². The van der Waals surface area contributed by atoms with E-state index in [9.17, 15) is 4.79 Å². The first-order chi connectivity index (χ1) is 14.6. The SMILES string of the molecule is CN=C(NCC1(Cc2ccccc2)CC1)N1CCN(C(C)C(=O)N2CCCC2)CC1.I. The fourth-order valence-electron chi connectivity index (χ4n) is 4.90. The van der Waals surface area contributed by atoms with Gasteiger partial charge in [0.05, 0.1) is 6.04 Å². The second-order valence-electron chi connectivity index (χ2n) is 9.29. The highest BCUT2D eigenvalue weighted by Gasteiger charge is 2.42. The zero-order valence-corrected chi connectivity index (χ0v) is 21.4. The average molecular weight is 540 g/mol. The molecule has 0 spiro atoms. The molecule has 1 N–H and O–H groups in total. The molecule has 0 bridgehead atoms.